The Kier molecular flexibility index (Phi) is 6.25. The van der Waals surface area contributed by atoms with Crippen molar-refractivity contribution < 1.29 is 0 Å². The predicted molar refractivity (Wildman–Crippen MR) is 63.6 cm³/mol. The highest BCUT2D eigenvalue weighted by Gasteiger charge is 2.15. The van der Waals surface area contributed by atoms with Crippen molar-refractivity contribution in [2.75, 3.05) is 19.6 Å². The van der Waals surface area contributed by atoms with Crippen LogP contribution in [0.2, 0.25) is 0 Å². The predicted octanol–water partition coefficient (Wildman–Crippen LogP) is 3.69. The molecule has 1 aliphatic carbocycles. The van der Waals surface area contributed by atoms with E-state index in [-0.39, 0.29) is 0 Å². The molecular formula is C13H27N. The molecule has 1 heteroatoms. The van der Waals surface area contributed by atoms with E-state index in [1.54, 1.807) is 0 Å². The van der Waals surface area contributed by atoms with Gasteiger partial charge in [-0.2, -0.15) is 0 Å². The van der Waals surface area contributed by atoms with Gasteiger partial charge in [0.05, 0.1) is 0 Å². The highest BCUT2D eigenvalue weighted by Crippen LogP contribution is 2.24. The van der Waals surface area contributed by atoms with Crippen molar-refractivity contribution in [1.82, 2.24) is 4.90 Å². The van der Waals surface area contributed by atoms with E-state index in [1.807, 2.05) is 0 Å². The molecule has 0 saturated heterocycles. The summed E-state index contributed by atoms with van der Waals surface area (Å²) in [6.45, 7) is 8.53. The third-order valence-electron chi connectivity index (χ3n) is 3.52. The SMILES string of the molecule is CCCCN(CC)CC1CCCCC1. The lowest BCUT2D eigenvalue weighted by molar-refractivity contribution is 0.206. The normalized spacial score (nSPS) is 19.1. The second-order valence-electron chi connectivity index (χ2n) is 4.75. The fourth-order valence-electron chi connectivity index (χ4n) is 2.50. The molecule has 0 aliphatic heterocycles. The highest BCUT2D eigenvalue weighted by molar-refractivity contribution is 4.69. The fourth-order valence-corrected chi connectivity index (χ4v) is 2.50. The number of hydrogen-bond donors (Lipinski definition) is 0. The van der Waals surface area contributed by atoms with E-state index in [9.17, 15) is 0 Å². The highest BCUT2D eigenvalue weighted by atomic mass is 15.1. The van der Waals surface area contributed by atoms with Gasteiger partial charge < -0.3 is 4.90 Å². The van der Waals surface area contributed by atoms with Crippen molar-refractivity contribution in [3.63, 3.8) is 0 Å². The Morgan fingerprint density at radius 2 is 1.79 bits per heavy atom. The van der Waals surface area contributed by atoms with Gasteiger partial charge in [0.1, 0.15) is 0 Å². The van der Waals surface area contributed by atoms with Crippen LogP contribution in [-0.2, 0) is 0 Å². The number of rotatable bonds is 6. The summed E-state index contributed by atoms with van der Waals surface area (Å²) in [6.07, 6.45) is 10.1. The third kappa shape index (κ3) is 4.45. The second kappa shape index (κ2) is 7.28. The van der Waals surface area contributed by atoms with Crippen LogP contribution in [0.5, 0.6) is 0 Å². The number of unbranched alkanes of at least 4 members (excludes halogenated alkanes) is 1. The molecule has 0 unspecified atom stereocenters. The molecule has 0 radical (unpaired) electrons. The molecular weight excluding hydrogens is 170 g/mol. The number of hydrogen-bond acceptors (Lipinski definition) is 1. The third-order valence-corrected chi connectivity index (χ3v) is 3.52. The summed E-state index contributed by atoms with van der Waals surface area (Å²) in [5.41, 5.74) is 0. The van der Waals surface area contributed by atoms with Crippen LogP contribution in [0.15, 0.2) is 0 Å². The molecule has 0 N–H and O–H groups in total. The van der Waals surface area contributed by atoms with Gasteiger partial charge in [0, 0.05) is 6.54 Å². The first-order valence-electron chi connectivity index (χ1n) is 6.59. The molecule has 1 fully saturated rings. The number of nitrogens with zero attached hydrogens (tertiary/aromatic N) is 1. The summed E-state index contributed by atoms with van der Waals surface area (Å²) in [5, 5.41) is 0. The molecule has 0 aromatic heterocycles. The van der Waals surface area contributed by atoms with E-state index >= 15 is 0 Å². The first-order valence-corrected chi connectivity index (χ1v) is 6.59. The van der Waals surface area contributed by atoms with Crippen molar-refractivity contribution in [3.05, 3.63) is 0 Å². The Morgan fingerprint density at radius 1 is 1.07 bits per heavy atom. The van der Waals surface area contributed by atoms with Crippen molar-refractivity contribution in [1.29, 1.82) is 0 Å². The lowest BCUT2D eigenvalue weighted by Gasteiger charge is -2.28. The summed E-state index contributed by atoms with van der Waals surface area (Å²) in [6, 6.07) is 0. The zero-order chi connectivity index (χ0) is 10.2. The van der Waals surface area contributed by atoms with Gasteiger partial charge in [-0.25, -0.2) is 0 Å². The summed E-state index contributed by atoms with van der Waals surface area (Å²) in [4.78, 5) is 2.65. The van der Waals surface area contributed by atoms with Gasteiger partial charge >= 0.3 is 0 Å². The molecule has 14 heavy (non-hydrogen) atoms. The van der Waals surface area contributed by atoms with E-state index in [2.05, 4.69) is 18.7 Å². The molecule has 1 nitrogen and oxygen atoms in total. The van der Waals surface area contributed by atoms with Gasteiger partial charge in [0.25, 0.3) is 0 Å². The zero-order valence-electron chi connectivity index (χ0n) is 10.1. The Bertz CT molecular complexity index is 127. The van der Waals surface area contributed by atoms with Crippen LogP contribution < -0.4 is 0 Å². The maximum atomic E-state index is 2.65. The van der Waals surface area contributed by atoms with E-state index in [0.717, 1.165) is 5.92 Å². The van der Waals surface area contributed by atoms with Gasteiger partial charge in [-0.15, -0.1) is 0 Å². The minimum atomic E-state index is 1.01. The van der Waals surface area contributed by atoms with Crippen LogP contribution in [0.3, 0.4) is 0 Å². The average Bonchev–Trinajstić information content (AvgIpc) is 2.25. The Balaban J connectivity index is 2.16. The molecule has 84 valence electrons. The van der Waals surface area contributed by atoms with Gasteiger partial charge in [-0.1, -0.05) is 39.5 Å². The van der Waals surface area contributed by atoms with Crippen molar-refractivity contribution in [2.45, 2.75) is 58.8 Å². The molecule has 0 aromatic carbocycles. The molecule has 1 rings (SSSR count). The molecule has 0 amide bonds. The molecule has 1 aliphatic rings. The minimum absolute atomic E-state index is 1.01. The minimum Gasteiger partial charge on any atom is -0.303 e. The molecule has 0 heterocycles. The van der Waals surface area contributed by atoms with E-state index in [4.69, 9.17) is 0 Å². The molecule has 0 atom stereocenters. The van der Waals surface area contributed by atoms with Crippen molar-refractivity contribution in [2.24, 2.45) is 5.92 Å². The molecule has 0 aromatic rings. The van der Waals surface area contributed by atoms with Gasteiger partial charge in [0.15, 0.2) is 0 Å². The Morgan fingerprint density at radius 3 is 2.36 bits per heavy atom. The summed E-state index contributed by atoms with van der Waals surface area (Å²) < 4.78 is 0. The van der Waals surface area contributed by atoms with Crippen LogP contribution in [0.25, 0.3) is 0 Å². The Labute approximate surface area is 89.9 Å². The molecule has 0 bridgehead atoms. The van der Waals surface area contributed by atoms with Gasteiger partial charge in [-0.3, -0.25) is 0 Å². The molecule has 1 saturated carbocycles. The first kappa shape index (κ1) is 12.0. The summed E-state index contributed by atoms with van der Waals surface area (Å²) in [7, 11) is 0. The Hall–Kier alpha value is -0.0400. The lowest BCUT2D eigenvalue weighted by atomic mass is 9.89. The van der Waals surface area contributed by atoms with Crippen LogP contribution in [0, 0.1) is 5.92 Å². The monoisotopic (exact) mass is 197 g/mol. The largest absolute Gasteiger partial charge is 0.303 e. The molecule has 0 spiro atoms. The van der Waals surface area contributed by atoms with Crippen LogP contribution >= 0.6 is 0 Å². The van der Waals surface area contributed by atoms with Crippen LogP contribution in [-0.4, -0.2) is 24.5 Å². The average molecular weight is 197 g/mol. The van der Waals surface area contributed by atoms with Gasteiger partial charge in [0.2, 0.25) is 0 Å². The zero-order valence-corrected chi connectivity index (χ0v) is 10.1. The maximum absolute atomic E-state index is 2.65. The topological polar surface area (TPSA) is 3.24 Å². The quantitative estimate of drug-likeness (QED) is 0.628. The van der Waals surface area contributed by atoms with Crippen LogP contribution in [0.4, 0.5) is 0 Å². The first-order chi connectivity index (χ1) is 6.86. The standard InChI is InChI=1S/C13H27N/c1-3-5-11-14(4-2)12-13-9-7-6-8-10-13/h13H,3-12H2,1-2H3. The van der Waals surface area contributed by atoms with E-state index in [0.29, 0.717) is 0 Å². The van der Waals surface area contributed by atoms with Crippen molar-refractivity contribution >= 4 is 0 Å². The van der Waals surface area contributed by atoms with Crippen molar-refractivity contribution in [3.8, 4) is 0 Å². The lowest BCUT2D eigenvalue weighted by Crippen LogP contribution is -2.31. The summed E-state index contributed by atoms with van der Waals surface area (Å²) >= 11 is 0. The smallest absolute Gasteiger partial charge is 0.000954 e. The summed E-state index contributed by atoms with van der Waals surface area (Å²) in [5.74, 6) is 1.01. The van der Waals surface area contributed by atoms with Gasteiger partial charge in [-0.05, 0) is 38.3 Å². The second-order valence-corrected chi connectivity index (χ2v) is 4.75. The van der Waals surface area contributed by atoms with E-state index in [1.165, 1.54) is 64.6 Å². The van der Waals surface area contributed by atoms with E-state index < -0.39 is 0 Å². The fraction of sp³-hybridized carbons (Fsp3) is 1.00. The van der Waals surface area contributed by atoms with Crippen LogP contribution in [0.1, 0.15) is 58.8 Å². The maximum Gasteiger partial charge on any atom is 0.000954 e.